The second kappa shape index (κ2) is 9.50. The average Bonchev–Trinajstić information content (AvgIpc) is 3.42. The number of ether oxygens (including phenoxy) is 1. The molecule has 0 bridgehead atoms. The van der Waals surface area contributed by atoms with E-state index in [-0.39, 0.29) is 11.5 Å². The number of nitrogens with zero attached hydrogens (tertiary/aromatic N) is 5. The van der Waals surface area contributed by atoms with Crippen LogP contribution < -0.4 is 0 Å². The van der Waals surface area contributed by atoms with Gasteiger partial charge in [0.15, 0.2) is 0 Å². The lowest BCUT2D eigenvalue weighted by molar-refractivity contribution is 0.0548. The van der Waals surface area contributed by atoms with Gasteiger partial charge in [0.05, 0.1) is 39.6 Å². The van der Waals surface area contributed by atoms with Crippen LogP contribution in [0.3, 0.4) is 0 Å². The Balaban J connectivity index is 1.72. The van der Waals surface area contributed by atoms with Crippen molar-refractivity contribution in [3.63, 3.8) is 0 Å². The summed E-state index contributed by atoms with van der Waals surface area (Å²) >= 11 is 0. The molecule has 202 valence electrons. The van der Waals surface area contributed by atoms with Gasteiger partial charge in [-0.15, -0.1) is 5.10 Å². The number of benzene rings is 2. The summed E-state index contributed by atoms with van der Waals surface area (Å²) in [6.07, 6.45) is 3.20. The van der Waals surface area contributed by atoms with Gasteiger partial charge in [0.1, 0.15) is 11.6 Å². The minimum Gasteiger partial charge on any atom is -0.386 e. The molecule has 9 heteroatoms. The number of hydrogen-bond donors (Lipinski definition) is 1. The highest BCUT2D eigenvalue weighted by molar-refractivity contribution is 6.07. The molecule has 3 aromatic heterocycles. The van der Waals surface area contributed by atoms with Crippen LogP contribution in [0, 0.1) is 24.5 Å². The van der Waals surface area contributed by atoms with Gasteiger partial charge in [-0.05, 0) is 75.4 Å². The van der Waals surface area contributed by atoms with E-state index in [9.17, 15) is 9.50 Å². The second-order valence-corrected chi connectivity index (χ2v) is 11.0. The Labute approximate surface area is 225 Å². The molecule has 4 heterocycles. The predicted molar refractivity (Wildman–Crippen MR) is 145 cm³/mol. The van der Waals surface area contributed by atoms with E-state index in [1.807, 2.05) is 38.2 Å². The fourth-order valence-electron chi connectivity index (χ4n) is 5.95. The van der Waals surface area contributed by atoms with Gasteiger partial charge in [0.25, 0.3) is 0 Å². The van der Waals surface area contributed by atoms with Crippen molar-refractivity contribution >= 4 is 21.9 Å². The maximum atomic E-state index is 15.6. The molecule has 5 aromatic rings. The van der Waals surface area contributed by atoms with E-state index in [0.29, 0.717) is 26.1 Å². The number of rotatable bonds is 5. The Morgan fingerprint density at radius 1 is 1.05 bits per heavy atom. The second-order valence-electron chi connectivity index (χ2n) is 11.0. The summed E-state index contributed by atoms with van der Waals surface area (Å²) in [5.41, 5.74) is 4.67. The van der Waals surface area contributed by atoms with Crippen molar-refractivity contribution in [1.29, 1.82) is 0 Å². The molecule has 7 nitrogen and oxygen atoms in total. The molecule has 1 aliphatic heterocycles. The summed E-state index contributed by atoms with van der Waals surface area (Å²) in [6, 6.07) is 10.9. The first kappa shape index (κ1) is 25.6. The zero-order valence-electron chi connectivity index (χ0n) is 22.4. The fraction of sp³-hybridized carbons (Fsp3) is 0.367. The van der Waals surface area contributed by atoms with Gasteiger partial charge in [0.2, 0.25) is 0 Å². The summed E-state index contributed by atoms with van der Waals surface area (Å²) < 4.78 is 39.6. The van der Waals surface area contributed by atoms with Crippen molar-refractivity contribution in [3.8, 4) is 11.3 Å². The Bertz CT molecular complexity index is 1680. The number of aliphatic hydroxyl groups is 1. The van der Waals surface area contributed by atoms with Crippen molar-refractivity contribution < 1.29 is 18.6 Å². The zero-order valence-corrected chi connectivity index (χ0v) is 22.4. The number of fused-ring (bicyclic) bond motifs is 3. The fourth-order valence-corrected chi connectivity index (χ4v) is 5.95. The lowest BCUT2D eigenvalue weighted by Gasteiger charge is -2.33. The van der Waals surface area contributed by atoms with Crippen molar-refractivity contribution in [2.24, 2.45) is 13.0 Å². The first-order valence-corrected chi connectivity index (χ1v) is 13.2. The molecule has 0 spiro atoms. The van der Waals surface area contributed by atoms with Gasteiger partial charge in [-0.2, -0.15) is 0 Å². The molecule has 0 radical (unpaired) electrons. The first-order valence-electron chi connectivity index (χ1n) is 13.2. The summed E-state index contributed by atoms with van der Waals surface area (Å²) in [6.45, 7) is 6.46. The van der Waals surface area contributed by atoms with Crippen LogP contribution in [0.25, 0.3) is 33.2 Å². The van der Waals surface area contributed by atoms with E-state index >= 15 is 4.39 Å². The molecule has 0 aliphatic carbocycles. The number of aromatic nitrogens is 5. The molecule has 6 rings (SSSR count). The van der Waals surface area contributed by atoms with Crippen LogP contribution in [0.1, 0.15) is 49.6 Å². The maximum Gasteiger partial charge on any atom is 0.128 e. The molecule has 39 heavy (non-hydrogen) atoms. The highest BCUT2D eigenvalue weighted by Crippen LogP contribution is 2.42. The minimum atomic E-state index is -1.09. The number of aryl methyl sites for hydroxylation is 2. The average molecular weight is 532 g/mol. The van der Waals surface area contributed by atoms with Crippen molar-refractivity contribution in [1.82, 2.24) is 24.5 Å². The van der Waals surface area contributed by atoms with Crippen molar-refractivity contribution in [2.75, 3.05) is 13.2 Å². The van der Waals surface area contributed by atoms with Crippen LogP contribution in [0.5, 0.6) is 0 Å². The lowest BCUT2D eigenvalue weighted by Crippen LogP contribution is -2.28. The summed E-state index contributed by atoms with van der Waals surface area (Å²) in [4.78, 5) is 4.88. The lowest BCUT2D eigenvalue weighted by atomic mass is 9.86. The van der Waals surface area contributed by atoms with Crippen molar-refractivity contribution in [3.05, 3.63) is 77.1 Å². The number of hydrogen-bond acceptors (Lipinski definition) is 5. The van der Waals surface area contributed by atoms with Crippen LogP contribution in [-0.2, 0) is 17.4 Å². The standard InChI is InChI=1S/C30H31F2N5O2/c1-17-28(36(4)35-34-17)19-13-26-27(33-16-19)22-7-5-20(30(2,3)38)14-25(22)37(26)29(18-9-11-39-12-10-18)23-15-21(31)6-8-24(23)32/h5-8,13-16,18,29,38H,9-12H2,1-4H3/t29-/m0/s1. The molecule has 1 atom stereocenters. The third-order valence-corrected chi connectivity index (χ3v) is 7.88. The van der Waals surface area contributed by atoms with Gasteiger partial charge >= 0.3 is 0 Å². The smallest absolute Gasteiger partial charge is 0.128 e. The zero-order chi connectivity index (χ0) is 27.5. The quantitative estimate of drug-likeness (QED) is 0.310. The monoisotopic (exact) mass is 531 g/mol. The van der Waals surface area contributed by atoms with Gasteiger partial charge in [-0.3, -0.25) is 4.98 Å². The molecule has 2 aromatic carbocycles. The van der Waals surface area contributed by atoms with Crippen LogP contribution in [0.4, 0.5) is 8.78 Å². The van der Waals surface area contributed by atoms with Crippen LogP contribution in [-0.4, -0.2) is 42.9 Å². The highest BCUT2D eigenvalue weighted by atomic mass is 19.1. The Kier molecular flexibility index (Phi) is 6.23. The molecular formula is C30H31F2N5O2. The molecule has 0 unspecified atom stereocenters. The topological polar surface area (TPSA) is 78.0 Å². The van der Waals surface area contributed by atoms with Crippen LogP contribution in [0.15, 0.2) is 48.7 Å². The van der Waals surface area contributed by atoms with Crippen LogP contribution in [0.2, 0.25) is 0 Å². The van der Waals surface area contributed by atoms with Gasteiger partial charge in [-0.1, -0.05) is 17.3 Å². The summed E-state index contributed by atoms with van der Waals surface area (Å²) in [7, 11) is 1.83. The number of halogens is 2. The normalized spacial score (nSPS) is 15.9. The minimum absolute atomic E-state index is 0.0107. The van der Waals surface area contributed by atoms with E-state index in [1.54, 1.807) is 24.7 Å². The third kappa shape index (κ3) is 4.39. The Hall–Kier alpha value is -3.69. The molecule has 1 saturated heterocycles. The maximum absolute atomic E-state index is 15.6. The molecule has 1 fully saturated rings. The van der Waals surface area contributed by atoms with Gasteiger partial charge in [-0.25, -0.2) is 13.5 Å². The molecule has 0 saturated carbocycles. The van der Waals surface area contributed by atoms with E-state index in [0.717, 1.165) is 50.5 Å². The number of pyridine rings is 1. The van der Waals surface area contributed by atoms with Crippen molar-refractivity contribution in [2.45, 2.75) is 45.3 Å². The van der Waals surface area contributed by atoms with E-state index in [4.69, 9.17) is 9.72 Å². The Morgan fingerprint density at radius 2 is 1.82 bits per heavy atom. The highest BCUT2D eigenvalue weighted by Gasteiger charge is 2.33. The predicted octanol–water partition coefficient (Wildman–Crippen LogP) is 5.82. The van der Waals surface area contributed by atoms with Crippen LogP contribution >= 0.6 is 0 Å². The Morgan fingerprint density at radius 3 is 2.51 bits per heavy atom. The molecular weight excluding hydrogens is 500 g/mol. The molecule has 1 N–H and O–H groups in total. The SMILES string of the molecule is Cc1nnn(C)c1-c1cnc2c3ccc(C(C)(C)O)cc3n([C@H](c3cc(F)ccc3F)C3CCOCC3)c2c1. The van der Waals surface area contributed by atoms with E-state index < -0.39 is 23.3 Å². The summed E-state index contributed by atoms with van der Waals surface area (Å²) in [5, 5.41) is 20.1. The van der Waals surface area contributed by atoms with E-state index in [1.165, 1.54) is 12.1 Å². The molecule has 0 amide bonds. The van der Waals surface area contributed by atoms with Gasteiger partial charge in [0, 0.05) is 43.0 Å². The van der Waals surface area contributed by atoms with E-state index in [2.05, 4.69) is 14.9 Å². The summed E-state index contributed by atoms with van der Waals surface area (Å²) in [5.74, 6) is -0.961. The largest absolute Gasteiger partial charge is 0.386 e. The van der Waals surface area contributed by atoms with Gasteiger partial charge < -0.3 is 14.4 Å². The third-order valence-electron chi connectivity index (χ3n) is 7.88. The molecule has 1 aliphatic rings. The first-order chi connectivity index (χ1) is 18.6.